The zero-order chi connectivity index (χ0) is 14.7. The highest BCUT2D eigenvalue weighted by atomic mass is 35.5. The molecular weight excluding hydrogens is 286 g/mol. The minimum absolute atomic E-state index is 0.475. The van der Waals surface area contributed by atoms with Crippen molar-refractivity contribution in [2.24, 2.45) is 0 Å². The third-order valence-corrected chi connectivity index (χ3v) is 3.36. The summed E-state index contributed by atoms with van der Waals surface area (Å²) in [6.07, 6.45) is 0. The highest BCUT2D eigenvalue weighted by Crippen LogP contribution is 2.25. The molecule has 1 heterocycles. The van der Waals surface area contributed by atoms with E-state index in [4.69, 9.17) is 16.9 Å². The lowest BCUT2D eigenvalue weighted by molar-refractivity contribution is 0.653. The summed E-state index contributed by atoms with van der Waals surface area (Å²) < 4.78 is 1.66. The average molecular weight is 296 g/mol. The van der Waals surface area contributed by atoms with Gasteiger partial charge in [-0.15, -0.1) is 5.10 Å². The highest BCUT2D eigenvalue weighted by Gasteiger charge is 2.12. The number of benzene rings is 2. The predicted octanol–water partition coefficient (Wildman–Crippen LogP) is 2.91. The molecule has 21 heavy (non-hydrogen) atoms. The molecule has 0 bridgehead atoms. The third-order valence-electron chi connectivity index (χ3n) is 3.04. The Kier molecular flexibility index (Phi) is 3.63. The first-order valence-electron chi connectivity index (χ1n) is 6.28. The molecule has 0 saturated carbocycles. The molecule has 0 N–H and O–H groups in total. The topological polar surface area (TPSA) is 67.4 Å². The molecule has 6 heteroatoms. The fourth-order valence-electron chi connectivity index (χ4n) is 2.06. The fraction of sp³-hybridized carbons (Fsp3) is 0.0667. The van der Waals surface area contributed by atoms with Crippen LogP contribution in [0.5, 0.6) is 0 Å². The molecule has 0 aliphatic rings. The first kappa shape index (κ1) is 13.3. The quantitative estimate of drug-likeness (QED) is 0.745. The molecule has 0 amide bonds. The van der Waals surface area contributed by atoms with Gasteiger partial charge in [0, 0.05) is 5.56 Å². The van der Waals surface area contributed by atoms with Crippen LogP contribution in [-0.2, 0) is 6.54 Å². The second kappa shape index (κ2) is 5.73. The summed E-state index contributed by atoms with van der Waals surface area (Å²) in [7, 11) is 0. The van der Waals surface area contributed by atoms with Crippen LogP contribution in [-0.4, -0.2) is 20.2 Å². The van der Waals surface area contributed by atoms with Gasteiger partial charge in [-0.1, -0.05) is 35.9 Å². The average Bonchev–Trinajstić information content (AvgIpc) is 2.96. The number of halogens is 1. The maximum absolute atomic E-state index is 8.94. The maximum atomic E-state index is 8.94. The van der Waals surface area contributed by atoms with Crippen molar-refractivity contribution < 1.29 is 0 Å². The number of hydrogen-bond acceptors (Lipinski definition) is 4. The van der Waals surface area contributed by atoms with Gasteiger partial charge in [0.05, 0.1) is 23.2 Å². The van der Waals surface area contributed by atoms with E-state index in [0.717, 1.165) is 11.1 Å². The molecule has 0 atom stereocenters. The number of aromatic nitrogens is 4. The third kappa shape index (κ3) is 2.76. The van der Waals surface area contributed by atoms with Crippen LogP contribution in [0.1, 0.15) is 11.1 Å². The van der Waals surface area contributed by atoms with Crippen LogP contribution in [0.3, 0.4) is 0 Å². The van der Waals surface area contributed by atoms with E-state index >= 15 is 0 Å². The van der Waals surface area contributed by atoms with Gasteiger partial charge in [-0.05, 0) is 40.3 Å². The van der Waals surface area contributed by atoms with Gasteiger partial charge in [0.2, 0.25) is 0 Å². The van der Waals surface area contributed by atoms with Crippen molar-refractivity contribution in [3.63, 3.8) is 0 Å². The summed E-state index contributed by atoms with van der Waals surface area (Å²) in [5.74, 6) is 0.600. The van der Waals surface area contributed by atoms with Crippen molar-refractivity contribution in [2.75, 3.05) is 0 Å². The minimum Gasteiger partial charge on any atom is -0.221 e. The minimum atomic E-state index is 0.475. The molecule has 3 aromatic rings. The van der Waals surface area contributed by atoms with Gasteiger partial charge in [0.25, 0.3) is 0 Å². The Morgan fingerprint density at radius 2 is 2.00 bits per heavy atom. The SMILES string of the molecule is N#Cc1cccc(Cn2nnnc2-c2ccccc2Cl)c1. The van der Waals surface area contributed by atoms with Crippen molar-refractivity contribution in [1.29, 1.82) is 5.26 Å². The van der Waals surface area contributed by atoms with E-state index in [0.29, 0.717) is 23.0 Å². The lowest BCUT2D eigenvalue weighted by atomic mass is 10.1. The number of nitrogens with zero attached hydrogens (tertiary/aromatic N) is 5. The monoisotopic (exact) mass is 295 g/mol. The van der Waals surface area contributed by atoms with Crippen LogP contribution in [0, 0.1) is 11.3 Å². The lowest BCUT2D eigenvalue weighted by Crippen LogP contribution is -2.04. The van der Waals surface area contributed by atoms with E-state index in [-0.39, 0.29) is 0 Å². The molecule has 102 valence electrons. The van der Waals surface area contributed by atoms with Crippen LogP contribution in [0.15, 0.2) is 48.5 Å². The second-order valence-corrected chi connectivity index (χ2v) is 4.86. The summed E-state index contributed by atoms with van der Waals surface area (Å²) >= 11 is 6.19. The summed E-state index contributed by atoms with van der Waals surface area (Å²) in [5.41, 5.74) is 2.34. The van der Waals surface area contributed by atoms with Crippen molar-refractivity contribution in [2.45, 2.75) is 6.54 Å². The van der Waals surface area contributed by atoms with Gasteiger partial charge in [-0.3, -0.25) is 0 Å². The van der Waals surface area contributed by atoms with E-state index in [2.05, 4.69) is 21.6 Å². The van der Waals surface area contributed by atoms with Crippen molar-refractivity contribution in [1.82, 2.24) is 20.2 Å². The number of rotatable bonds is 3. The second-order valence-electron chi connectivity index (χ2n) is 4.45. The number of hydrogen-bond donors (Lipinski definition) is 0. The molecule has 0 saturated heterocycles. The molecule has 0 spiro atoms. The van der Waals surface area contributed by atoms with Gasteiger partial charge in [-0.2, -0.15) is 5.26 Å². The number of tetrazole rings is 1. The van der Waals surface area contributed by atoms with Crippen molar-refractivity contribution in [3.05, 3.63) is 64.7 Å². The zero-order valence-corrected chi connectivity index (χ0v) is 11.7. The van der Waals surface area contributed by atoms with Crippen LogP contribution < -0.4 is 0 Å². The first-order chi connectivity index (χ1) is 10.3. The molecule has 0 unspecified atom stereocenters. The largest absolute Gasteiger partial charge is 0.221 e. The molecule has 0 fully saturated rings. The molecule has 0 aliphatic carbocycles. The van der Waals surface area contributed by atoms with Gasteiger partial charge >= 0.3 is 0 Å². The summed E-state index contributed by atoms with van der Waals surface area (Å²) in [6, 6.07) is 16.9. The zero-order valence-electron chi connectivity index (χ0n) is 10.9. The standard InChI is InChI=1S/C15H10ClN5/c16-14-7-2-1-6-13(14)15-18-19-20-21(15)10-12-5-3-4-11(8-12)9-17/h1-8H,10H2. The van der Waals surface area contributed by atoms with E-state index in [1.54, 1.807) is 16.8 Å². The molecule has 1 aromatic heterocycles. The van der Waals surface area contributed by atoms with Crippen LogP contribution >= 0.6 is 11.6 Å². The van der Waals surface area contributed by atoms with Crippen molar-refractivity contribution in [3.8, 4) is 17.5 Å². The van der Waals surface area contributed by atoms with Crippen LogP contribution in [0.2, 0.25) is 5.02 Å². The maximum Gasteiger partial charge on any atom is 0.183 e. The Hall–Kier alpha value is -2.71. The van der Waals surface area contributed by atoms with E-state index in [1.165, 1.54) is 0 Å². The Labute approximate surface area is 126 Å². The molecule has 0 aliphatic heterocycles. The molecule has 0 radical (unpaired) electrons. The molecule has 2 aromatic carbocycles. The summed E-state index contributed by atoms with van der Waals surface area (Å²) in [4.78, 5) is 0. The van der Waals surface area contributed by atoms with Crippen LogP contribution in [0.25, 0.3) is 11.4 Å². The Bertz CT molecular complexity index is 819. The highest BCUT2D eigenvalue weighted by molar-refractivity contribution is 6.33. The van der Waals surface area contributed by atoms with E-state index in [1.807, 2.05) is 36.4 Å². The number of nitriles is 1. The van der Waals surface area contributed by atoms with Crippen LogP contribution in [0.4, 0.5) is 0 Å². The molecular formula is C15H10ClN5. The normalized spacial score (nSPS) is 10.3. The summed E-state index contributed by atoms with van der Waals surface area (Å²) in [6.45, 7) is 0.475. The smallest absolute Gasteiger partial charge is 0.183 e. The Balaban J connectivity index is 1.97. The molecule has 3 rings (SSSR count). The fourth-order valence-corrected chi connectivity index (χ4v) is 2.28. The van der Waals surface area contributed by atoms with Gasteiger partial charge in [-0.25, -0.2) is 4.68 Å². The van der Waals surface area contributed by atoms with Gasteiger partial charge < -0.3 is 0 Å². The van der Waals surface area contributed by atoms with E-state index < -0.39 is 0 Å². The van der Waals surface area contributed by atoms with Crippen molar-refractivity contribution >= 4 is 11.6 Å². The first-order valence-corrected chi connectivity index (χ1v) is 6.66. The molecule has 5 nitrogen and oxygen atoms in total. The van der Waals surface area contributed by atoms with Gasteiger partial charge in [0.1, 0.15) is 0 Å². The van der Waals surface area contributed by atoms with E-state index in [9.17, 15) is 0 Å². The Morgan fingerprint density at radius 1 is 1.14 bits per heavy atom. The summed E-state index contributed by atoms with van der Waals surface area (Å²) in [5, 5.41) is 21.3. The predicted molar refractivity (Wildman–Crippen MR) is 78.5 cm³/mol. The van der Waals surface area contributed by atoms with Gasteiger partial charge in [0.15, 0.2) is 5.82 Å². The Morgan fingerprint density at radius 3 is 2.81 bits per heavy atom. The lowest BCUT2D eigenvalue weighted by Gasteiger charge is -2.06.